The minimum Gasteiger partial charge on any atom is -0.493 e. The van der Waals surface area contributed by atoms with Gasteiger partial charge in [-0.15, -0.1) is 0 Å². The highest BCUT2D eigenvalue weighted by atomic mass is 79.9. The van der Waals surface area contributed by atoms with Crippen LogP contribution in [0.15, 0.2) is 35.2 Å². The van der Waals surface area contributed by atoms with E-state index in [1.165, 1.54) is 23.7 Å². The van der Waals surface area contributed by atoms with E-state index in [9.17, 15) is 13.6 Å². The molecule has 8 nitrogen and oxygen atoms in total. The molecule has 1 atom stereocenters. The number of thiazole rings is 1. The smallest absolute Gasteiger partial charge is 0.255 e. The number of aryl methyl sites for hydroxylation is 1. The van der Waals surface area contributed by atoms with Crippen molar-refractivity contribution in [3.63, 3.8) is 0 Å². The van der Waals surface area contributed by atoms with Gasteiger partial charge in [0, 0.05) is 22.9 Å². The van der Waals surface area contributed by atoms with Crippen molar-refractivity contribution in [2.45, 2.75) is 25.7 Å². The van der Waals surface area contributed by atoms with E-state index in [2.05, 4.69) is 31.0 Å². The Morgan fingerprint density at radius 3 is 2.77 bits per heavy atom. The maximum Gasteiger partial charge on any atom is 0.255 e. The van der Waals surface area contributed by atoms with E-state index < -0.39 is 17.7 Å². The van der Waals surface area contributed by atoms with Crippen LogP contribution in [0, 0.1) is 17.2 Å². The normalized spacial score (nSPS) is 16.0. The van der Waals surface area contributed by atoms with Gasteiger partial charge in [-0.2, -0.15) is 15.0 Å². The Labute approximate surface area is 188 Å². The van der Waals surface area contributed by atoms with Gasteiger partial charge in [0.2, 0.25) is 11.0 Å². The summed E-state index contributed by atoms with van der Waals surface area (Å²) in [6.45, 7) is 1.95. The molecule has 2 N–H and O–H groups in total. The highest BCUT2D eigenvalue weighted by molar-refractivity contribution is 9.10. The van der Waals surface area contributed by atoms with Gasteiger partial charge in [-0.3, -0.25) is 4.79 Å². The molecule has 1 aliphatic rings. The summed E-state index contributed by atoms with van der Waals surface area (Å²) in [5.41, 5.74) is 5.40. The predicted molar refractivity (Wildman–Crippen MR) is 112 cm³/mol. The fourth-order valence-electron chi connectivity index (χ4n) is 2.52. The number of carbonyl (C=O) groups excluding carboxylic acids is 1. The molecule has 162 valence electrons. The van der Waals surface area contributed by atoms with Gasteiger partial charge in [0.1, 0.15) is 28.8 Å². The van der Waals surface area contributed by atoms with Crippen LogP contribution in [0.2, 0.25) is 0 Å². The lowest BCUT2D eigenvalue weighted by molar-refractivity contribution is 0.0854. The van der Waals surface area contributed by atoms with Crippen LogP contribution in [0.4, 0.5) is 8.78 Å². The first-order valence-corrected chi connectivity index (χ1v) is 10.7. The van der Waals surface area contributed by atoms with Gasteiger partial charge in [0.25, 0.3) is 5.92 Å². The summed E-state index contributed by atoms with van der Waals surface area (Å²) in [6, 6.07) is 6.63. The molecule has 4 rings (SSSR count). The van der Waals surface area contributed by atoms with Gasteiger partial charge in [-0.1, -0.05) is 34.2 Å². The lowest BCUT2D eigenvalue weighted by Crippen LogP contribution is -2.11. The molecule has 3 aromatic rings. The van der Waals surface area contributed by atoms with Crippen LogP contribution in [0.25, 0.3) is 5.13 Å². The minimum atomic E-state index is -2.60. The molecule has 1 fully saturated rings. The lowest BCUT2D eigenvalue weighted by atomic mass is 10.2. The van der Waals surface area contributed by atoms with Gasteiger partial charge in [0.15, 0.2) is 0 Å². The molecule has 1 saturated carbocycles. The first kappa shape index (κ1) is 22.8. The molecular weight excluding hydrogens is 494 g/mol. The van der Waals surface area contributed by atoms with Crippen molar-refractivity contribution in [3.05, 3.63) is 51.5 Å². The van der Waals surface area contributed by atoms with Crippen molar-refractivity contribution in [3.8, 4) is 17.0 Å². The summed E-state index contributed by atoms with van der Waals surface area (Å²) < 4.78 is 32.7. The molecule has 0 saturated heterocycles. The van der Waals surface area contributed by atoms with Crippen LogP contribution in [-0.2, 0) is 6.42 Å². The summed E-state index contributed by atoms with van der Waals surface area (Å²) in [7, 11) is 0. The molecule has 1 amide bonds. The molecule has 1 aliphatic carbocycles. The van der Waals surface area contributed by atoms with E-state index >= 15 is 0 Å². The topological polar surface area (TPSA) is 120 Å². The number of primary amides is 1. The van der Waals surface area contributed by atoms with Crippen molar-refractivity contribution in [1.29, 1.82) is 5.26 Å². The molecule has 31 heavy (non-hydrogen) atoms. The SMILES string of the molecule is CCc1ncnn1-c1ncc(C#N)s1.NC(=O)c1cc(Br)cc(OCC2CC2(F)F)c1. The lowest BCUT2D eigenvalue weighted by Gasteiger charge is -2.07. The summed E-state index contributed by atoms with van der Waals surface area (Å²) in [6.07, 6.45) is 3.69. The quantitative estimate of drug-likeness (QED) is 0.539. The number of hydrogen-bond acceptors (Lipinski definition) is 7. The number of benzene rings is 1. The Kier molecular flexibility index (Phi) is 6.97. The average molecular weight is 511 g/mol. The standard InChI is InChI=1S/C11H10BrF2NO2.C8H7N5S/c12-8-1-6(10(15)16)2-9(3-8)17-5-7-4-11(7,13)14;1-2-7-11-5-12-13(7)8-10-4-6(3-9)14-8/h1-3,7H,4-5H2,(H2,15,16);4-5H,2H2,1H3. The molecule has 2 heterocycles. The first-order valence-electron chi connectivity index (χ1n) is 9.09. The van der Waals surface area contributed by atoms with Crippen molar-refractivity contribution in [2.75, 3.05) is 6.61 Å². The molecule has 0 radical (unpaired) electrons. The van der Waals surface area contributed by atoms with Crippen LogP contribution >= 0.6 is 27.3 Å². The Hall–Kier alpha value is -2.91. The third-order valence-electron chi connectivity index (χ3n) is 4.28. The maximum atomic E-state index is 12.6. The molecule has 0 spiro atoms. The summed E-state index contributed by atoms with van der Waals surface area (Å²) >= 11 is 4.50. The predicted octanol–water partition coefficient (Wildman–Crippen LogP) is 3.74. The summed E-state index contributed by atoms with van der Waals surface area (Å²) in [5.74, 6) is -2.70. The Balaban J connectivity index is 0.000000179. The van der Waals surface area contributed by atoms with Crippen LogP contribution in [0.1, 0.15) is 34.4 Å². The molecular formula is C19H17BrF2N6O2S. The number of nitrogens with zero attached hydrogens (tertiary/aromatic N) is 5. The van der Waals surface area contributed by atoms with Crippen LogP contribution < -0.4 is 10.5 Å². The Morgan fingerprint density at radius 2 is 2.19 bits per heavy atom. The van der Waals surface area contributed by atoms with Gasteiger partial charge in [-0.05, 0) is 18.2 Å². The second-order valence-electron chi connectivity index (χ2n) is 6.57. The zero-order chi connectivity index (χ0) is 22.6. The Morgan fingerprint density at radius 1 is 1.45 bits per heavy atom. The van der Waals surface area contributed by atoms with E-state index in [4.69, 9.17) is 15.7 Å². The van der Waals surface area contributed by atoms with Crippen molar-refractivity contribution in [2.24, 2.45) is 11.7 Å². The molecule has 1 aromatic carbocycles. The summed E-state index contributed by atoms with van der Waals surface area (Å²) in [5, 5.41) is 13.4. The van der Waals surface area contributed by atoms with Crippen LogP contribution in [-0.4, -0.2) is 38.2 Å². The van der Waals surface area contributed by atoms with E-state index in [0.29, 0.717) is 20.2 Å². The summed E-state index contributed by atoms with van der Waals surface area (Å²) in [4.78, 5) is 19.7. The number of alkyl halides is 2. The molecule has 0 aliphatic heterocycles. The first-order chi connectivity index (χ1) is 14.7. The third-order valence-corrected chi connectivity index (χ3v) is 5.62. The van der Waals surface area contributed by atoms with Gasteiger partial charge < -0.3 is 10.5 Å². The number of aromatic nitrogens is 4. The number of halogens is 3. The van der Waals surface area contributed by atoms with Crippen molar-refractivity contribution < 1.29 is 18.3 Å². The van der Waals surface area contributed by atoms with Gasteiger partial charge in [0.05, 0.1) is 18.7 Å². The fraction of sp³-hybridized carbons (Fsp3) is 0.316. The monoisotopic (exact) mass is 510 g/mol. The minimum absolute atomic E-state index is 0.0539. The molecule has 12 heteroatoms. The number of amides is 1. The fourth-order valence-corrected chi connectivity index (χ4v) is 3.68. The second-order valence-corrected chi connectivity index (χ2v) is 8.50. The van der Waals surface area contributed by atoms with Crippen LogP contribution in [0.3, 0.4) is 0 Å². The van der Waals surface area contributed by atoms with Crippen molar-refractivity contribution in [1.82, 2.24) is 19.7 Å². The average Bonchev–Trinajstić information content (AvgIpc) is 3.14. The zero-order valence-corrected chi connectivity index (χ0v) is 18.7. The van der Waals surface area contributed by atoms with Crippen LogP contribution in [0.5, 0.6) is 5.75 Å². The van der Waals surface area contributed by atoms with Crippen molar-refractivity contribution >= 4 is 33.2 Å². The van der Waals surface area contributed by atoms with E-state index in [1.54, 1.807) is 23.0 Å². The number of hydrogen-bond donors (Lipinski definition) is 1. The van der Waals surface area contributed by atoms with E-state index in [1.807, 2.05) is 13.0 Å². The molecule has 2 aromatic heterocycles. The number of carbonyl (C=O) groups is 1. The molecule has 0 bridgehead atoms. The highest BCUT2D eigenvalue weighted by Gasteiger charge is 2.57. The largest absolute Gasteiger partial charge is 0.493 e. The Bertz CT molecular complexity index is 1130. The second kappa shape index (κ2) is 9.49. The van der Waals surface area contributed by atoms with Gasteiger partial charge in [-0.25, -0.2) is 18.7 Å². The third kappa shape index (κ3) is 5.83. The highest BCUT2D eigenvalue weighted by Crippen LogP contribution is 2.48. The van der Waals surface area contributed by atoms with E-state index in [0.717, 1.165) is 12.2 Å². The van der Waals surface area contributed by atoms with E-state index in [-0.39, 0.29) is 18.6 Å². The zero-order valence-electron chi connectivity index (χ0n) is 16.3. The molecule has 1 unspecified atom stereocenters. The number of ether oxygens (including phenoxy) is 1. The maximum absolute atomic E-state index is 12.6. The number of nitriles is 1. The number of rotatable bonds is 6. The number of nitrogens with two attached hydrogens (primary N) is 1. The van der Waals surface area contributed by atoms with Gasteiger partial charge >= 0.3 is 0 Å².